The van der Waals surface area contributed by atoms with E-state index in [0.29, 0.717) is 4.47 Å². The van der Waals surface area contributed by atoms with Gasteiger partial charge in [0, 0.05) is 12.1 Å². The third kappa shape index (κ3) is 3.05. The lowest BCUT2D eigenvalue weighted by Crippen LogP contribution is -2.45. The maximum atomic E-state index is 13.1. The van der Waals surface area contributed by atoms with Crippen LogP contribution in [0.5, 0.6) is 0 Å². The highest BCUT2D eigenvalue weighted by Gasteiger charge is 2.29. The van der Waals surface area contributed by atoms with E-state index in [2.05, 4.69) is 21.2 Å². The minimum atomic E-state index is -3.02. The topological polar surface area (TPSA) is 46.2 Å². The molecule has 0 amide bonds. The van der Waals surface area contributed by atoms with E-state index in [1.165, 1.54) is 6.07 Å². The Morgan fingerprint density at radius 3 is 2.71 bits per heavy atom. The van der Waals surface area contributed by atoms with E-state index in [1.54, 1.807) is 12.1 Å². The number of benzene rings is 1. The second-order valence-corrected chi connectivity index (χ2v) is 7.38. The Morgan fingerprint density at radius 1 is 1.41 bits per heavy atom. The van der Waals surface area contributed by atoms with Gasteiger partial charge in [-0.2, -0.15) is 0 Å². The van der Waals surface area contributed by atoms with Crippen LogP contribution in [0.15, 0.2) is 22.7 Å². The SMILES string of the molecule is CC1CS(=O)(=O)CC(c2ccc(F)c(Br)c2)N1. The summed E-state index contributed by atoms with van der Waals surface area (Å²) in [4.78, 5) is 0. The van der Waals surface area contributed by atoms with Crippen LogP contribution in [0.25, 0.3) is 0 Å². The van der Waals surface area contributed by atoms with Crippen molar-refractivity contribution in [2.45, 2.75) is 19.0 Å². The van der Waals surface area contributed by atoms with Crippen LogP contribution in [0, 0.1) is 5.82 Å². The number of sulfone groups is 1. The highest BCUT2D eigenvalue weighted by molar-refractivity contribution is 9.10. The zero-order valence-corrected chi connectivity index (χ0v) is 11.7. The van der Waals surface area contributed by atoms with Crippen LogP contribution in [0.2, 0.25) is 0 Å². The van der Waals surface area contributed by atoms with Crippen LogP contribution >= 0.6 is 15.9 Å². The van der Waals surface area contributed by atoms with E-state index < -0.39 is 9.84 Å². The van der Waals surface area contributed by atoms with E-state index in [4.69, 9.17) is 0 Å². The van der Waals surface area contributed by atoms with E-state index in [9.17, 15) is 12.8 Å². The molecule has 94 valence electrons. The van der Waals surface area contributed by atoms with Crippen molar-refractivity contribution in [1.29, 1.82) is 0 Å². The standard InChI is InChI=1S/C11H13BrFNO2S/c1-7-5-17(15,16)6-11(14-7)8-2-3-10(13)9(12)4-8/h2-4,7,11,14H,5-6H2,1H3. The van der Waals surface area contributed by atoms with Gasteiger partial charge in [0.05, 0.1) is 16.0 Å². The molecule has 17 heavy (non-hydrogen) atoms. The zero-order chi connectivity index (χ0) is 12.6. The summed E-state index contributed by atoms with van der Waals surface area (Å²) in [5, 5.41) is 3.21. The third-order valence-corrected chi connectivity index (χ3v) is 5.21. The summed E-state index contributed by atoms with van der Waals surface area (Å²) in [6.07, 6.45) is 0. The Kier molecular flexibility index (Phi) is 3.56. The second-order valence-electron chi connectivity index (χ2n) is 4.37. The molecule has 1 heterocycles. The minimum Gasteiger partial charge on any atom is -0.306 e. The molecule has 2 rings (SSSR count). The monoisotopic (exact) mass is 321 g/mol. The molecular formula is C11H13BrFNO2S. The lowest BCUT2D eigenvalue weighted by atomic mass is 10.1. The number of rotatable bonds is 1. The van der Waals surface area contributed by atoms with Crippen molar-refractivity contribution in [3.8, 4) is 0 Å². The lowest BCUT2D eigenvalue weighted by Gasteiger charge is -2.29. The van der Waals surface area contributed by atoms with Gasteiger partial charge < -0.3 is 5.32 Å². The van der Waals surface area contributed by atoms with E-state index in [0.717, 1.165) is 5.56 Å². The largest absolute Gasteiger partial charge is 0.306 e. The van der Waals surface area contributed by atoms with Gasteiger partial charge in [0.1, 0.15) is 5.82 Å². The zero-order valence-electron chi connectivity index (χ0n) is 9.28. The van der Waals surface area contributed by atoms with Gasteiger partial charge >= 0.3 is 0 Å². The summed E-state index contributed by atoms with van der Waals surface area (Å²) in [6, 6.07) is 4.24. The van der Waals surface area contributed by atoms with Crippen LogP contribution < -0.4 is 5.32 Å². The first-order valence-electron chi connectivity index (χ1n) is 5.29. The van der Waals surface area contributed by atoms with Gasteiger partial charge in [0.2, 0.25) is 0 Å². The first-order valence-corrected chi connectivity index (χ1v) is 7.90. The van der Waals surface area contributed by atoms with Crippen molar-refractivity contribution in [3.63, 3.8) is 0 Å². The van der Waals surface area contributed by atoms with Gasteiger partial charge in [-0.05, 0) is 40.5 Å². The molecule has 1 aliphatic heterocycles. The summed E-state index contributed by atoms with van der Waals surface area (Å²) < 4.78 is 36.8. The molecule has 1 saturated heterocycles. The second kappa shape index (κ2) is 4.66. The molecule has 3 nitrogen and oxygen atoms in total. The predicted octanol–water partition coefficient (Wildman–Crippen LogP) is 2.04. The molecule has 0 saturated carbocycles. The van der Waals surface area contributed by atoms with Gasteiger partial charge in [0.25, 0.3) is 0 Å². The van der Waals surface area contributed by atoms with Crippen LogP contribution in [0.1, 0.15) is 18.5 Å². The maximum Gasteiger partial charge on any atom is 0.153 e. The van der Waals surface area contributed by atoms with Crippen molar-refractivity contribution in [2.24, 2.45) is 0 Å². The Morgan fingerprint density at radius 2 is 2.12 bits per heavy atom. The number of nitrogens with one attached hydrogen (secondary N) is 1. The van der Waals surface area contributed by atoms with E-state index in [1.807, 2.05) is 6.92 Å². The molecule has 0 aliphatic carbocycles. The summed E-state index contributed by atoms with van der Waals surface area (Å²) in [6.45, 7) is 1.84. The molecule has 0 radical (unpaired) electrons. The first kappa shape index (κ1) is 13.0. The van der Waals surface area contributed by atoms with Crippen molar-refractivity contribution >= 4 is 25.8 Å². The van der Waals surface area contributed by atoms with Crippen molar-refractivity contribution < 1.29 is 12.8 Å². The van der Waals surface area contributed by atoms with Gasteiger partial charge in [-0.1, -0.05) is 6.07 Å². The molecule has 2 atom stereocenters. The highest BCUT2D eigenvalue weighted by Crippen LogP contribution is 2.25. The highest BCUT2D eigenvalue weighted by atomic mass is 79.9. The molecule has 6 heteroatoms. The fourth-order valence-corrected chi connectivity index (χ4v) is 4.25. The number of hydrogen-bond donors (Lipinski definition) is 1. The Balaban J connectivity index is 2.30. The molecule has 1 aromatic rings. The lowest BCUT2D eigenvalue weighted by molar-refractivity contribution is 0.468. The molecule has 1 N–H and O–H groups in total. The van der Waals surface area contributed by atoms with Crippen LogP contribution in [-0.4, -0.2) is 26.0 Å². The predicted molar refractivity (Wildman–Crippen MR) is 68.1 cm³/mol. The van der Waals surface area contributed by atoms with Crippen molar-refractivity contribution in [1.82, 2.24) is 5.32 Å². The number of hydrogen-bond acceptors (Lipinski definition) is 3. The van der Waals surface area contributed by atoms with Crippen molar-refractivity contribution in [2.75, 3.05) is 11.5 Å². The van der Waals surface area contributed by atoms with Crippen molar-refractivity contribution in [3.05, 3.63) is 34.1 Å². The van der Waals surface area contributed by atoms with Gasteiger partial charge in [-0.25, -0.2) is 12.8 Å². The average molecular weight is 322 g/mol. The Hall–Kier alpha value is -0.460. The molecule has 1 aromatic carbocycles. The molecule has 0 aromatic heterocycles. The summed E-state index contributed by atoms with van der Waals surface area (Å²) >= 11 is 3.10. The van der Waals surface area contributed by atoms with Gasteiger partial charge in [0.15, 0.2) is 9.84 Å². The fourth-order valence-electron chi connectivity index (χ4n) is 2.06. The molecular weight excluding hydrogens is 309 g/mol. The molecule has 2 unspecified atom stereocenters. The first-order chi connectivity index (χ1) is 7.87. The Bertz CT molecular complexity index is 532. The van der Waals surface area contributed by atoms with Crippen LogP contribution in [-0.2, 0) is 9.84 Å². The minimum absolute atomic E-state index is 0.0649. The van der Waals surface area contributed by atoms with E-state index >= 15 is 0 Å². The summed E-state index contributed by atoms with van der Waals surface area (Å²) in [5.74, 6) is -0.123. The smallest absolute Gasteiger partial charge is 0.153 e. The van der Waals surface area contributed by atoms with Crippen LogP contribution in [0.3, 0.4) is 0 Å². The quantitative estimate of drug-likeness (QED) is 0.861. The maximum absolute atomic E-state index is 13.1. The molecule has 1 aliphatic rings. The molecule has 1 fully saturated rings. The Labute approximate surface area is 108 Å². The molecule has 0 bridgehead atoms. The number of halogens is 2. The average Bonchev–Trinajstić information content (AvgIpc) is 2.19. The summed E-state index contributed by atoms with van der Waals surface area (Å²) in [5.41, 5.74) is 0.786. The molecule has 0 spiro atoms. The van der Waals surface area contributed by atoms with Gasteiger partial charge in [-0.3, -0.25) is 0 Å². The normalized spacial score (nSPS) is 27.9. The van der Waals surface area contributed by atoms with E-state index in [-0.39, 0.29) is 29.4 Å². The third-order valence-electron chi connectivity index (χ3n) is 2.76. The van der Waals surface area contributed by atoms with Crippen LogP contribution in [0.4, 0.5) is 4.39 Å². The van der Waals surface area contributed by atoms with Gasteiger partial charge in [-0.15, -0.1) is 0 Å². The summed E-state index contributed by atoms with van der Waals surface area (Å²) in [7, 11) is -3.02. The fraction of sp³-hybridized carbons (Fsp3) is 0.455.